The topological polar surface area (TPSA) is 59.1 Å². The second-order valence-corrected chi connectivity index (χ2v) is 4.37. The summed E-state index contributed by atoms with van der Waals surface area (Å²) in [5.41, 5.74) is 10.9. The zero-order valence-corrected chi connectivity index (χ0v) is 10.6. The highest BCUT2D eigenvalue weighted by molar-refractivity contribution is 5.73. The molecule has 0 saturated carbocycles. The summed E-state index contributed by atoms with van der Waals surface area (Å²) in [5, 5.41) is 9.66. The van der Waals surface area contributed by atoms with Gasteiger partial charge in [-0.15, -0.1) is 0 Å². The van der Waals surface area contributed by atoms with Crippen LogP contribution in [0.25, 0.3) is 16.8 Å². The third-order valence-corrected chi connectivity index (χ3v) is 3.18. The van der Waals surface area contributed by atoms with Gasteiger partial charge in [0, 0.05) is 29.2 Å². The first kappa shape index (κ1) is 12.2. The average molecular weight is 240 g/mol. The summed E-state index contributed by atoms with van der Waals surface area (Å²) in [6, 6.07) is 5.54. The number of pyridine rings is 1. The van der Waals surface area contributed by atoms with Crippen molar-refractivity contribution < 1.29 is 5.11 Å². The average Bonchev–Trinajstić information content (AvgIpc) is 2.36. The molecule has 18 heavy (non-hydrogen) atoms. The fraction of sp³-hybridized carbons (Fsp3) is 0.133. The first-order valence-electron chi connectivity index (χ1n) is 5.70. The molecule has 92 valence electrons. The van der Waals surface area contributed by atoms with Gasteiger partial charge in [0.05, 0.1) is 0 Å². The molecule has 2 aromatic rings. The SMILES string of the molecule is C=C(N)c1cncc(-c2ccc(O)c(C)c2C)c1. The zero-order valence-electron chi connectivity index (χ0n) is 10.6. The van der Waals surface area contributed by atoms with E-state index in [9.17, 15) is 5.11 Å². The smallest absolute Gasteiger partial charge is 0.118 e. The molecule has 0 spiro atoms. The number of rotatable bonds is 2. The summed E-state index contributed by atoms with van der Waals surface area (Å²) < 4.78 is 0. The van der Waals surface area contributed by atoms with Crippen molar-refractivity contribution in [3.8, 4) is 16.9 Å². The van der Waals surface area contributed by atoms with Crippen LogP contribution < -0.4 is 5.73 Å². The lowest BCUT2D eigenvalue weighted by atomic mass is 9.96. The Bertz CT molecular complexity index is 618. The van der Waals surface area contributed by atoms with E-state index < -0.39 is 0 Å². The van der Waals surface area contributed by atoms with Crippen LogP contribution in [0.5, 0.6) is 5.75 Å². The maximum Gasteiger partial charge on any atom is 0.118 e. The minimum Gasteiger partial charge on any atom is -0.508 e. The van der Waals surface area contributed by atoms with Crippen LogP contribution in [0.4, 0.5) is 0 Å². The number of hydrogen-bond acceptors (Lipinski definition) is 3. The Hall–Kier alpha value is -2.29. The number of aromatic hydroxyl groups is 1. The van der Waals surface area contributed by atoms with Gasteiger partial charge < -0.3 is 10.8 Å². The molecule has 0 unspecified atom stereocenters. The van der Waals surface area contributed by atoms with Gasteiger partial charge in [-0.3, -0.25) is 4.98 Å². The van der Waals surface area contributed by atoms with Crippen LogP contribution in [0.1, 0.15) is 16.7 Å². The van der Waals surface area contributed by atoms with E-state index in [1.807, 2.05) is 26.0 Å². The van der Waals surface area contributed by atoms with Crippen molar-refractivity contribution in [2.45, 2.75) is 13.8 Å². The predicted molar refractivity (Wildman–Crippen MR) is 74.0 cm³/mol. The van der Waals surface area contributed by atoms with Crippen molar-refractivity contribution in [3.05, 3.63) is 53.9 Å². The Morgan fingerprint density at radius 2 is 1.94 bits per heavy atom. The van der Waals surface area contributed by atoms with Crippen molar-refractivity contribution >= 4 is 5.70 Å². The van der Waals surface area contributed by atoms with Gasteiger partial charge in [-0.25, -0.2) is 0 Å². The summed E-state index contributed by atoms with van der Waals surface area (Å²) in [7, 11) is 0. The Kier molecular flexibility index (Phi) is 3.06. The Balaban J connectivity index is 2.59. The zero-order chi connectivity index (χ0) is 13.3. The normalized spacial score (nSPS) is 10.3. The lowest BCUT2D eigenvalue weighted by Crippen LogP contribution is -1.96. The predicted octanol–water partition coefficient (Wildman–Crippen LogP) is 3.00. The van der Waals surface area contributed by atoms with E-state index in [1.165, 1.54) is 0 Å². The lowest BCUT2D eigenvalue weighted by Gasteiger charge is -2.11. The van der Waals surface area contributed by atoms with E-state index in [1.54, 1.807) is 18.5 Å². The molecule has 1 heterocycles. The quantitative estimate of drug-likeness (QED) is 0.848. The van der Waals surface area contributed by atoms with Crippen LogP contribution in [-0.2, 0) is 0 Å². The third-order valence-electron chi connectivity index (χ3n) is 3.18. The second kappa shape index (κ2) is 4.53. The number of hydrogen-bond donors (Lipinski definition) is 2. The molecule has 2 rings (SSSR count). The molecule has 3 nitrogen and oxygen atoms in total. The molecule has 3 N–H and O–H groups in total. The number of phenols is 1. The molecule has 0 saturated heterocycles. The molecular weight excluding hydrogens is 224 g/mol. The van der Waals surface area contributed by atoms with E-state index in [-0.39, 0.29) is 0 Å². The van der Waals surface area contributed by atoms with Gasteiger partial charge in [-0.1, -0.05) is 12.6 Å². The maximum absolute atomic E-state index is 9.66. The number of aromatic nitrogens is 1. The van der Waals surface area contributed by atoms with Crippen LogP contribution in [0.2, 0.25) is 0 Å². The highest BCUT2D eigenvalue weighted by Crippen LogP contribution is 2.30. The molecule has 1 aromatic carbocycles. The van der Waals surface area contributed by atoms with Gasteiger partial charge in [0.1, 0.15) is 5.75 Å². The summed E-state index contributed by atoms with van der Waals surface area (Å²) in [6.07, 6.45) is 3.47. The summed E-state index contributed by atoms with van der Waals surface area (Å²) >= 11 is 0. The number of phenolic OH excluding ortho intramolecular Hbond substituents is 1. The molecular formula is C15H16N2O. The van der Waals surface area contributed by atoms with Gasteiger partial charge in [0.2, 0.25) is 0 Å². The molecule has 0 aliphatic rings. The molecule has 0 aliphatic heterocycles. The highest BCUT2D eigenvalue weighted by Gasteiger charge is 2.08. The van der Waals surface area contributed by atoms with Crippen LogP contribution in [0.15, 0.2) is 37.2 Å². The summed E-state index contributed by atoms with van der Waals surface area (Å²) in [4.78, 5) is 4.17. The van der Waals surface area contributed by atoms with Crippen LogP contribution >= 0.6 is 0 Å². The number of nitrogens with zero attached hydrogens (tertiary/aromatic N) is 1. The first-order valence-corrected chi connectivity index (χ1v) is 5.70. The molecule has 3 heteroatoms. The highest BCUT2D eigenvalue weighted by atomic mass is 16.3. The van der Waals surface area contributed by atoms with Gasteiger partial charge in [0.25, 0.3) is 0 Å². The van der Waals surface area contributed by atoms with Crippen LogP contribution in [-0.4, -0.2) is 10.1 Å². The molecule has 0 radical (unpaired) electrons. The first-order chi connectivity index (χ1) is 8.50. The Morgan fingerprint density at radius 1 is 1.22 bits per heavy atom. The third kappa shape index (κ3) is 2.07. The van der Waals surface area contributed by atoms with Gasteiger partial charge in [-0.05, 0) is 42.7 Å². The number of benzene rings is 1. The molecule has 0 atom stereocenters. The second-order valence-electron chi connectivity index (χ2n) is 4.37. The lowest BCUT2D eigenvalue weighted by molar-refractivity contribution is 0.470. The number of nitrogens with two attached hydrogens (primary N) is 1. The molecule has 0 fully saturated rings. The monoisotopic (exact) mass is 240 g/mol. The van der Waals surface area contributed by atoms with E-state index in [0.717, 1.165) is 27.8 Å². The van der Waals surface area contributed by atoms with E-state index >= 15 is 0 Å². The fourth-order valence-electron chi connectivity index (χ4n) is 1.88. The van der Waals surface area contributed by atoms with E-state index in [4.69, 9.17) is 5.73 Å². The van der Waals surface area contributed by atoms with Crippen LogP contribution in [0, 0.1) is 13.8 Å². The van der Waals surface area contributed by atoms with Gasteiger partial charge >= 0.3 is 0 Å². The van der Waals surface area contributed by atoms with Crippen molar-refractivity contribution in [1.82, 2.24) is 4.98 Å². The maximum atomic E-state index is 9.66. The van der Waals surface area contributed by atoms with Crippen molar-refractivity contribution in [2.75, 3.05) is 0 Å². The minimum absolute atomic E-state index is 0.309. The standard InChI is InChI=1S/C15H16N2O/c1-9-10(2)15(18)5-4-14(9)13-6-12(11(3)16)7-17-8-13/h4-8,18H,3,16H2,1-2H3. The van der Waals surface area contributed by atoms with Crippen molar-refractivity contribution in [3.63, 3.8) is 0 Å². The minimum atomic E-state index is 0.309. The van der Waals surface area contributed by atoms with Crippen molar-refractivity contribution in [2.24, 2.45) is 5.73 Å². The summed E-state index contributed by atoms with van der Waals surface area (Å²) in [5.74, 6) is 0.309. The Morgan fingerprint density at radius 3 is 2.61 bits per heavy atom. The van der Waals surface area contributed by atoms with E-state index in [2.05, 4.69) is 11.6 Å². The van der Waals surface area contributed by atoms with Crippen LogP contribution in [0.3, 0.4) is 0 Å². The van der Waals surface area contributed by atoms with E-state index in [0.29, 0.717) is 11.4 Å². The van der Waals surface area contributed by atoms with Crippen molar-refractivity contribution in [1.29, 1.82) is 0 Å². The largest absolute Gasteiger partial charge is 0.508 e. The summed E-state index contributed by atoms with van der Waals surface area (Å²) in [6.45, 7) is 7.59. The fourth-order valence-corrected chi connectivity index (χ4v) is 1.88. The Labute approximate surface area is 107 Å². The molecule has 0 aliphatic carbocycles. The van der Waals surface area contributed by atoms with Gasteiger partial charge in [-0.2, -0.15) is 0 Å². The molecule has 1 aromatic heterocycles. The molecule has 0 amide bonds. The van der Waals surface area contributed by atoms with Gasteiger partial charge in [0.15, 0.2) is 0 Å². The molecule has 0 bridgehead atoms.